The first-order chi connectivity index (χ1) is 8.35. The number of rotatable bonds is 3. The Morgan fingerprint density at radius 1 is 1.39 bits per heavy atom. The fourth-order valence-electron chi connectivity index (χ4n) is 1.28. The molecule has 0 aliphatic rings. The Morgan fingerprint density at radius 2 is 2.06 bits per heavy atom. The van der Waals surface area contributed by atoms with E-state index in [1.165, 1.54) is 12.1 Å². The van der Waals surface area contributed by atoms with E-state index in [0.717, 1.165) is 0 Å². The van der Waals surface area contributed by atoms with Gasteiger partial charge in [-0.2, -0.15) is 8.78 Å². The van der Waals surface area contributed by atoms with Gasteiger partial charge in [-0.3, -0.25) is 4.72 Å². The summed E-state index contributed by atoms with van der Waals surface area (Å²) in [6.07, 6.45) is 0. The summed E-state index contributed by atoms with van der Waals surface area (Å²) in [4.78, 5) is 0. The lowest BCUT2D eigenvalue weighted by molar-refractivity contribution is 0.236. The number of nitrogens with one attached hydrogen (secondary N) is 1. The summed E-state index contributed by atoms with van der Waals surface area (Å²) in [5.41, 5.74) is 6.47. The van der Waals surface area contributed by atoms with Crippen LogP contribution in [0.3, 0.4) is 0 Å². The summed E-state index contributed by atoms with van der Waals surface area (Å²) in [6, 6.07) is 4.51. The fraction of sp³-hybridized carbons (Fsp3) is 0.273. The zero-order chi connectivity index (χ0) is 13.8. The van der Waals surface area contributed by atoms with Gasteiger partial charge in [0.1, 0.15) is 0 Å². The van der Waals surface area contributed by atoms with Gasteiger partial charge in [0.2, 0.25) is 0 Å². The van der Waals surface area contributed by atoms with Crippen molar-refractivity contribution >= 4 is 15.7 Å². The third-order valence-corrected chi connectivity index (χ3v) is 2.90. The maximum Gasteiger partial charge on any atom is 0.355 e. The van der Waals surface area contributed by atoms with Crippen molar-refractivity contribution in [2.45, 2.75) is 12.7 Å². The summed E-state index contributed by atoms with van der Waals surface area (Å²) in [5.74, 6) is 1.82. The summed E-state index contributed by atoms with van der Waals surface area (Å²) >= 11 is 0. The maximum atomic E-state index is 12.2. The van der Waals surface area contributed by atoms with Gasteiger partial charge in [-0.15, -0.1) is 0 Å². The van der Waals surface area contributed by atoms with Crippen LogP contribution >= 0.6 is 0 Å². The molecule has 7 heteroatoms. The lowest BCUT2D eigenvalue weighted by Crippen LogP contribution is -2.20. The molecule has 1 aromatic carbocycles. The van der Waals surface area contributed by atoms with Gasteiger partial charge in [-0.1, -0.05) is 11.8 Å². The SMILES string of the molecule is Cc1cc(C#CCN)cc(NS(=O)(=O)C(F)F)c1. The molecular formula is C11H12F2N2O2S. The van der Waals surface area contributed by atoms with Crippen molar-refractivity contribution in [1.82, 2.24) is 0 Å². The van der Waals surface area contributed by atoms with Crippen molar-refractivity contribution in [1.29, 1.82) is 0 Å². The molecule has 0 fully saturated rings. The molecule has 0 aromatic heterocycles. The van der Waals surface area contributed by atoms with Crippen LogP contribution < -0.4 is 10.5 Å². The molecule has 3 N–H and O–H groups in total. The minimum Gasteiger partial charge on any atom is -0.320 e. The van der Waals surface area contributed by atoms with Gasteiger partial charge in [0.15, 0.2) is 0 Å². The Labute approximate surface area is 104 Å². The average Bonchev–Trinajstić information content (AvgIpc) is 2.24. The van der Waals surface area contributed by atoms with Gasteiger partial charge in [0.05, 0.1) is 12.2 Å². The van der Waals surface area contributed by atoms with Crippen LogP contribution in [0, 0.1) is 18.8 Å². The van der Waals surface area contributed by atoms with Gasteiger partial charge < -0.3 is 5.73 Å². The molecule has 0 radical (unpaired) electrons. The molecule has 0 saturated heterocycles. The van der Waals surface area contributed by atoms with E-state index in [1.807, 2.05) is 0 Å². The fourth-order valence-corrected chi connectivity index (χ4v) is 1.81. The second-order valence-corrected chi connectivity index (χ2v) is 5.15. The standard InChI is InChI=1S/C11H12F2N2O2S/c1-8-5-9(3-2-4-14)7-10(6-8)15-18(16,17)11(12)13/h5-7,11,15H,4,14H2,1H3. The molecule has 0 spiro atoms. The quantitative estimate of drug-likeness (QED) is 0.815. The molecule has 0 bridgehead atoms. The molecule has 0 aliphatic carbocycles. The van der Waals surface area contributed by atoms with Gasteiger partial charge in [-0.05, 0) is 30.7 Å². The van der Waals surface area contributed by atoms with Gasteiger partial charge >= 0.3 is 5.76 Å². The lowest BCUT2D eigenvalue weighted by atomic mass is 10.1. The third-order valence-electron chi connectivity index (χ3n) is 1.91. The first-order valence-electron chi connectivity index (χ1n) is 4.95. The molecule has 98 valence electrons. The van der Waals surface area contributed by atoms with E-state index < -0.39 is 15.8 Å². The average molecular weight is 274 g/mol. The highest BCUT2D eigenvalue weighted by Crippen LogP contribution is 2.17. The second kappa shape index (κ2) is 5.80. The van der Waals surface area contributed by atoms with E-state index in [0.29, 0.717) is 11.1 Å². The monoisotopic (exact) mass is 274 g/mol. The summed E-state index contributed by atoms with van der Waals surface area (Å²) in [7, 11) is -4.66. The van der Waals surface area contributed by atoms with E-state index in [2.05, 4.69) is 11.8 Å². The zero-order valence-corrected chi connectivity index (χ0v) is 10.4. The molecule has 0 saturated carbocycles. The van der Waals surface area contributed by atoms with E-state index >= 15 is 0 Å². The number of aryl methyl sites for hydroxylation is 1. The van der Waals surface area contributed by atoms with Crippen molar-refractivity contribution in [3.05, 3.63) is 29.3 Å². The molecule has 0 amide bonds. The smallest absolute Gasteiger partial charge is 0.320 e. The largest absolute Gasteiger partial charge is 0.355 e. The molecule has 0 atom stereocenters. The molecule has 1 rings (SSSR count). The van der Waals surface area contributed by atoms with Crippen molar-refractivity contribution in [3.8, 4) is 11.8 Å². The van der Waals surface area contributed by atoms with Crippen LogP contribution in [0.15, 0.2) is 18.2 Å². The Bertz CT molecular complexity index is 589. The predicted octanol–water partition coefficient (Wildman–Crippen LogP) is 1.27. The molecular weight excluding hydrogens is 262 g/mol. The molecule has 0 unspecified atom stereocenters. The summed E-state index contributed by atoms with van der Waals surface area (Å²) < 4.78 is 48.3. The number of hydrogen-bond acceptors (Lipinski definition) is 3. The molecule has 18 heavy (non-hydrogen) atoms. The predicted molar refractivity (Wildman–Crippen MR) is 65.7 cm³/mol. The highest BCUT2D eigenvalue weighted by Gasteiger charge is 2.23. The molecule has 0 aliphatic heterocycles. The minimum atomic E-state index is -4.66. The Morgan fingerprint density at radius 3 is 2.61 bits per heavy atom. The maximum absolute atomic E-state index is 12.2. The summed E-state index contributed by atoms with van der Waals surface area (Å²) in [5, 5.41) is 0. The second-order valence-electron chi connectivity index (χ2n) is 3.50. The Kier molecular flexibility index (Phi) is 4.64. The van der Waals surface area contributed by atoms with Crippen LogP contribution in [0.4, 0.5) is 14.5 Å². The number of nitrogens with two attached hydrogens (primary N) is 1. The van der Waals surface area contributed by atoms with Crippen LogP contribution in [-0.2, 0) is 10.0 Å². The van der Waals surface area contributed by atoms with Gasteiger partial charge in [-0.25, -0.2) is 8.42 Å². The molecule has 1 aromatic rings. The topological polar surface area (TPSA) is 72.2 Å². The van der Waals surface area contributed by atoms with Crippen LogP contribution in [0.2, 0.25) is 0 Å². The van der Waals surface area contributed by atoms with Crippen molar-refractivity contribution in [2.24, 2.45) is 5.73 Å². The van der Waals surface area contributed by atoms with Gasteiger partial charge in [0.25, 0.3) is 10.0 Å². The van der Waals surface area contributed by atoms with Crippen molar-refractivity contribution in [2.75, 3.05) is 11.3 Å². The normalized spacial score (nSPS) is 10.9. The minimum absolute atomic E-state index is 0.0524. The molecule has 0 heterocycles. The van der Waals surface area contributed by atoms with Gasteiger partial charge in [0, 0.05) is 5.56 Å². The van der Waals surface area contributed by atoms with Crippen LogP contribution in [0.25, 0.3) is 0 Å². The number of sulfonamides is 1. The third kappa shape index (κ3) is 3.98. The number of alkyl halides is 2. The van der Waals surface area contributed by atoms with Crippen LogP contribution in [-0.4, -0.2) is 20.7 Å². The number of halogens is 2. The zero-order valence-electron chi connectivity index (χ0n) is 9.57. The van der Waals surface area contributed by atoms with Crippen molar-refractivity contribution < 1.29 is 17.2 Å². The van der Waals surface area contributed by atoms with E-state index in [1.54, 1.807) is 17.7 Å². The van der Waals surface area contributed by atoms with Crippen molar-refractivity contribution in [3.63, 3.8) is 0 Å². The van der Waals surface area contributed by atoms with Crippen LogP contribution in [0.5, 0.6) is 0 Å². The highest BCUT2D eigenvalue weighted by atomic mass is 32.2. The first kappa shape index (κ1) is 14.4. The molecule has 4 nitrogen and oxygen atoms in total. The van der Waals surface area contributed by atoms with E-state index in [-0.39, 0.29) is 12.2 Å². The summed E-state index contributed by atoms with van der Waals surface area (Å²) in [6.45, 7) is 1.86. The lowest BCUT2D eigenvalue weighted by Gasteiger charge is -2.08. The Hall–Kier alpha value is -1.65. The Balaban J connectivity index is 3.08. The first-order valence-corrected chi connectivity index (χ1v) is 6.50. The highest BCUT2D eigenvalue weighted by molar-refractivity contribution is 7.93. The van der Waals surface area contributed by atoms with E-state index in [9.17, 15) is 17.2 Å². The van der Waals surface area contributed by atoms with Crippen LogP contribution in [0.1, 0.15) is 11.1 Å². The number of anilines is 1. The number of hydrogen-bond donors (Lipinski definition) is 2. The number of benzene rings is 1. The van der Waals surface area contributed by atoms with E-state index in [4.69, 9.17) is 5.73 Å².